The van der Waals surface area contributed by atoms with Crippen molar-refractivity contribution in [2.24, 2.45) is 5.92 Å². The van der Waals surface area contributed by atoms with Crippen LogP contribution in [-0.2, 0) is 6.42 Å². The average molecular weight is 263 g/mol. The normalized spacial score (nSPS) is 10.9. The lowest BCUT2D eigenvalue weighted by Gasteiger charge is -2.02. The van der Waals surface area contributed by atoms with Gasteiger partial charge in [0.15, 0.2) is 6.29 Å². The van der Waals surface area contributed by atoms with E-state index in [2.05, 4.69) is 18.9 Å². The molecule has 0 unspecified atom stereocenters. The van der Waals surface area contributed by atoms with Gasteiger partial charge >= 0.3 is 0 Å². The molecule has 0 fully saturated rings. The van der Waals surface area contributed by atoms with Gasteiger partial charge in [0.05, 0.1) is 16.9 Å². The van der Waals surface area contributed by atoms with Crippen molar-refractivity contribution in [3.63, 3.8) is 0 Å². The number of aromatic nitrogens is 2. The maximum atomic E-state index is 11.1. The van der Waals surface area contributed by atoms with Crippen LogP contribution in [0.3, 0.4) is 0 Å². The number of benzene rings is 1. The minimum absolute atomic E-state index is 0.381. The highest BCUT2D eigenvalue weighted by atomic mass is 35.5. The lowest BCUT2D eigenvalue weighted by molar-refractivity contribution is 0.112. The van der Waals surface area contributed by atoms with Gasteiger partial charge in [0.1, 0.15) is 5.15 Å². The monoisotopic (exact) mass is 262 g/mol. The van der Waals surface area contributed by atoms with Crippen LogP contribution in [0.4, 0.5) is 0 Å². The van der Waals surface area contributed by atoms with Gasteiger partial charge in [-0.25, -0.2) is 4.68 Å². The molecular weight excluding hydrogens is 248 g/mol. The molecule has 1 aromatic carbocycles. The summed E-state index contributed by atoms with van der Waals surface area (Å²) in [6.07, 6.45) is 1.53. The molecule has 0 N–H and O–H groups in total. The molecule has 0 atom stereocenters. The molecule has 0 aliphatic rings. The van der Waals surface area contributed by atoms with Gasteiger partial charge in [0.2, 0.25) is 0 Å². The highest BCUT2D eigenvalue weighted by Gasteiger charge is 2.17. The van der Waals surface area contributed by atoms with Crippen molar-refractivity contribution in [1.29, 1.82) is 0 Å². The molecule has 0 saturated carbocycles. The molecular formula is C14H15ClN2O. The molecule has 1 aromatic heterocycles. The molecule has 0 bridgehead atoms. The third-order valence-electron chi connectivity index (χ3n) is 2.66. The summed E-state index contributed by atoms with van der Waals surface area (Å²) < 4.78 is 1.61. The van der Waals surface area contributed by atoms with Crippen LogP contribution in [0.5, 0.6) is 0 Å². The Morgan fingerprint density at radius 2 is 2.00 bits per heavy atom. The highest BCUT2D eigenvalue weighted by Crippen LogP contribution is 2.23. The maximum Gasteiger partial charge on any atom is 0.155 e. The Bertz CT molecular complexity index is 546. The van der Waals surface area contributed by atoms with Crippen LogP contribution in [0.25, 0.3) is 5.69 Å². The van der Waals surface area contributed by atoms with Gasteiger partial charge in [0.25, 0.3) is 0 Å². The van der Waals surface area contributed by atoms with E-state index in [1.165, 1.54) is 0 Å². The van der Waals surface area contributed by atoms with Crippen LogP contribution >= 0.6 is 11.6 Å². The Balaban J connectivity index is 2.50. The summed E-state index contributed by atoms with van der Waals surface area (Å²) >= 11 is 6.22. The van der Waals surface area contributed by atoms with E-state index in [1.807, 2.05) is 30.3 Å². The molecule has 0 spiro atoms. The van der Waals surface area contributed by atoms with Crippen LogP contribution in [0.2, 0.25) is 5.15 Å². The van der Waals surface area contributed by atoms with Gasteiger partial charge in [-0.2, -0.15) is 5.10 Å². The van der Waals surface area contributed by atoms with Gasteiger partial charge in [-0.1, -0.05) is 43.6 Å². The maximum absolute atomic E-state index is 11.1. The first kappa shape index (κ1) is 12.8. The number of aldehydes is 1. The van der Waals surface area contributed by atoms with Gasteiger partial charge in [-0.05, 0) is 24.5 Å². The van der Waals surface area contributed by atoms with E-state index in [9.17, 15) is 4.79 Å². The van der Waals surface area contributed by atoms with E-state index < -0.39 is 0 Å². The fourth-order valence-electron chi connectivity index (χ4n) is 1.85. The summed E-state index contributed by atoms with van der Waals surface area (Å²) in [4.78, 5) is 11.1. The van der Waals surface area contributed by atoms with Crippen LogP contribution in [0.1, 0.15) is 29.9 Å². The van der Waals surface area contributed by atoms with E-state index in [0.29, 0.717) is 16.6 Å². The molecule has 4 heteroatoms. The first-order valence-corrected chi connectivity index (χ1v) is 6.29. The number of nitrogens with zero attached hydrogens (tertiary/aromatic N) is 2. The van der Waals surface area contributed by atoms with Crippen LogP contribution in [0, 0.1) is 5.92 Å². The lowest BCUT2D eigenvalue weighted by Crippen LogP contribution is -2.00. The van der Waals surface area contributed by atoms with E-state index in [4.69, 9.17) is 11.6 Å². The minimum atomic E-state index is 0.381. The second kappa shape index (κ2) is 5.36. The van der Waals surface area contributed by atoms with Crippen molar-refractivity contribution in [3.8, 4) is 5.69 Å². The number of para-hydroxylation sites is 1. The van der Waals surface area contributed by atoms with Gasteiger partial charge in [-0.3, -0.25) is 4.79 Å². The molecule has 0 amide bonds. The molecule has 18 heavy (non-hydrogen) atoms. The summed E-state index contributed by atoms with van der Waals surface area (Å²) in [7, 11) is 0. The largest absolute Gasteiger partial charge is 0.298 e. The summed E-state index contributed by atoms with van der Waals surface area (Å²) in [5, 5.41) is 4.83. The van der Waals surface area contributed by atoms with Crippen LogP contribution < -0.4 is 0 Å². The molecule has 0 saturated heterocycles. The van der Waals surface area contributed by atoms with E-state index in [-0.39, 0.29) is 0 Å². The van der Waals surface area contributed by atoms with Crippen LogP contribution in [-0.4, -0.2) is 16.1 Å². The van der Waals surface area contributed by atoms with Crippen molar-refractivity contribution < 1.29 is 4.79 Å². The van der Waals surface area contributed by atoms with Crippen molar-refractivity contribution >= 4 is 17.9 Å². The first-order valence-electron chi connectivity index (χ1n) is 5.91. The van der Waals surface area contributed by atoms with Crippen LogP contribution in [0.15, 0.2) is 30.3 Å². The first-order chi connectivity index (χ1) is 8.63. The Kier molecular flexibility index (Phi) is 3.82. The fraction of sp³-hybridized carbons (Fsp3) is 0.286. The number of carbonyl (C=O) groups is 1. The van der Waals surface area contributed by atoms with Gasteiger partial charge < -0.3 is 0 Å². The van der Waals surface area contributed by atoms with E-state index >= 15 is 0 Å². The topological polar surface area (TPSA) is 34.9 Å². The predicted octanol–water partition coefficient (Wildman–Crippen LogP) is 3.54. The smallest absolute Gasteiger partial charge is 0.155 e. The highest BCUT2D eigenvalue weighted by molar-refractivity contribution is 6.32. The van der Waals surface area contributed by atoms with Crippen molar-refractivity contribution in [3.05, 3.63) is 46.7 Å². The SMILES string of the molecule is CC(C)Cc1nn(-c2ccccc2)c(Cl)c1C=O. The number of hydrogen-bond donors (Lipinski definition) is 0. The molecule has 3 nitrogen and oxygen atoms in total. The minimum Gasteiger partial charge on any atom is -0.298 e. The molecule has 2 aromatic rings. The predicted molar refractivity (Wildman–Crippen MR) is 72.5 cm³/mol. The molecule has 2 rings (SSSR count). The van der Waals surface area contributed by atoms with E-state index in [0.717, 1.165) is 24.1 Å². The Hall–Kier alpha value is -1.61. The van der Waals surface area contributed by atoms with Gasteiger partial charge in [0, 0.05) is 0 Å². The fourth-order valence-corrected chi connectivity index (χ4v) is 2.14. The Morgan fingerprint density at radius 1 is 1.33 bits per heavy atom. The van der Waals surface area contributed by atoms with Crippen molar-refractivity contribution in [1.82, 2.24) is 9.78 Å². The third kappa shape index (κ3) is 2.46. The number of rotatable bonds is 4. The molecule has 0 radical (unpaired) electrons. The van der Waals surface area contributed by atoms with E-state index in [1.54, 1.807) is 4.68 Å². The second-order valence-electron chi connectivity index (χ2n) is 4.61. The third-order valence-corrected chi connectivity index (χ3v) is 3.02. The molecule has 1 heterocycles. The molecule has 0 aliphatic heterocycles. The average Bonchev–Trinajstić information content (AvgIpc) is 2.66. The molecule has 94 valence electrons. The zero-order valence-corrected chi connectivity index (χ0v) is 11.2. The number of hydrogen-bond acceptors (Lipinski definition) is 2. The standard InChI is InChI=1S/C14H15ClN2O/c1-10(2)8-13-12(9-18)14(15)17(16-13)11-6-4-3-5-7-11/h3-7,9-10H,8H2,1-2H3. The second-order valence-corrected chi connectivity index (χ2v) is 4.97. The number of carbonyl (C=O) groups excluding carboxylic acids is 1. The number of halogens is 1. The summed E-state index contributed by atoms with van der Waals surface area (Å²) in [6.45, 7) is 4.17. The Labute approximate surface area is 111 Å². The summed E-state index contributed by atoms with van der Waals surface area (Å²) in [5.74, 6) is 0.430. The van der Waals surface area contributed by atoms with Crippen molar-refractivity contribution in [2.75, 3.05) is 0 Å². The lowest BCUT2D eigenvalue weighted by atomic mass is 10.1. The zero-order chi connectivity index (χ0) is 13.1. The van der Waals surface area contributed by atoms with Crippen molar-refractivity contribution in [2.45, 2.75) is 20.3 Å². The Morgan fingerprint density at radius 3 is 2.56 bits per heavy atom. The quantitative estimate of drug-likeness (QED) is 0.790. The summed E-state index contributed by atoms with van der Waals surface area (Å²) in [5.41, 5.74) is 2.11. The molecule has 0 aliphatic carbocycles. The van der Waals surface area contributed by atoms with Gasteiger partial charge in [-0.15, -0.1) is 0 Å². The zero-order valence-electron chi connectivity index (χ0n) is 10.4. The summed E-state index contributed by atoms with van der Waals surface area (Å²) in [6, 6.07) is 9.57.